The Hall–Kier alpha value is -2.83. The smallest absolute Gasteiger partial charge is 0.329 e. The number of pyridine rings is 1. The molecule has 1 aliphatic carbocycles. The molecule has 1 saturated carbocycles. The molecule has 8 heteroatoms. The number of imide groups is 1. The van der Waals surface area contributed by atoms with Crippen LogP contribution < -0.4 is 15.0 Å². The van der Waals surface area contributed by atoms with Gasteiger partial charge in [0.05, 0.1) is 29.9 Å². The number of nitrogens with zero attached hydrogens (tertiary/aromatic N) is 2. The van der Waals surface area contributed by atoms with E-state index in [9.17, 15) is 9.59 Å². The third-order valence-corrected chi connectivity index (χ3v) is 7.12. The van der Waals surface area contributed by atoms with E-state index in [1.807, 2.05) is 30.3 Å². The third-order valence-electron chi connectivity index (χ3n) is 6.50. The molecule has 1 aliphatic heterocycles. The van der Waals surface area contributed by atoms with Gasteiger partial charge in [-0.1, -0.05) is 47.5 Å². The fraction of sp³-hybridized carbons (Fsp3) is 0.292. The minimum atomic E-state index is -0.421. The van der Waals surface area contributed by atoms with Crippen LogP contribution in [-0.4, -0.2) is 30.1 Å². The quantitative estimate of drug-likeness (QED) is 0.544. The summed E-state index contributed by atoms with van der Waals surface area (Å²) in [5.74, 6) is 0.173. The number of halogens is 2. The van der Waals surface area contributed by atoms with Gasteiger partial charge in [0.2, 0.25) is 5.91 Å². The van der Waals surface area contributed by atoms with E-state index >= 15 is 0 Å². The van der Waals surface area contributed by atoms with Gasteiger partial charge in [-0.05, 0) is 42.9 Å². The van der Waals surface area contributed by atoms with Gasteiger partial charge in [-0.2, -0.15) is 0 Å². The molecule has 6 nitrogen and oxygen atoms in total. The summed E-state index contributed by atoms with van der Waals surface area (Å²) in [7, 11) is 1.56. The number of anilines is 1. The molecule has 1 aromatic heterocycles. The number of benzene rings is 2. The van der Waals surface area contributed by atoms with Crippen molar-refractivity contribution in [2.75, 3.05) is 12.0 Å². The lowest BCUT2D eigenvalue weighted by atomic mass is 9.74. The van der Waals surface area contributed by atoms with E-state index in [0.29, 0.717) is 34.3 Å². The van der Waals surface area contributed by atoms with Crippen molar-refractivity contribution in [2.45, 2.75) is 31.2 Å². The minimum Gasteiger partial charge on any atom is -0.495 e. The summed E-state index contributed by atoms with van der Waals surface area (Å²) < 4.78 is 5.34. The van der Waals surface area contributed by atoms with Gasteiger partial charge in [0.25, 0.3) is 0 Å². The van der Waals surface area contributed by atoms with Gasteiger partial charge < -0.3 is 10.1 Å². The van der Waals surface area contributed by atoms with E-state index in [1.165, 1.54) is 4.90 Å². The van der Waals surface area contributed by atoms with Crippen LogP contribution in [0.15, 0.2) is 48.8 Å². The first-order valence-corrected chi connectivity index (χ1v) is 11.2. The van der Waals surface area contributed by atoms with Crippen molar-refractivity contribution in [1.82, 2.24) is 10.3 Å². The Kier molecular flexibility index (Phi) is 5.43. The zero-order valence-electron chi connectivity index (χ0n) is 17.3. The first-order chi connectivity index (χ1) is 15.5. The van der Waals surface area contributed by atoms with Crippen LogP contribution in [0.25, 0.3) is 10.8 Å². The predicted molar refractivity (Wildman–Crippen MR) is 125 cm³/mol. The van der Waals surface area contributed by atoms with Gasteiger partial charge in [0, 0.05) is 28.0 Å². The first kappa shape index (κ1) is 21.0. The van der Waals surface area contributed by atoms with E-state index in [0.717, 1.165) is 22.8 Å². The standard InChI is InChI=1S/C24H21Cl2N3O3/c1-32-22-9-17(18(25)10-19(22)26)13-6-7-16-20(8-13)28-24(31)29(23(16)30)21-12-27-11-14-4-2-3-5-15(14)21/h2-5,9-13,16,20H,6-8H2,1H3,(H,28,31). The van der Waals surface area contributed by atoms with Gasteiger partial charge in [0.15, 0.2) is 0 Å². The maximum absolute atomic E-state index is 13.4. The second-order valence-electron chi connectivity index (χ2n) is 8.23. The van der Waals surface area contributed by atoms with E-state index in [1.54, 1.807) is 25.6 Å². The highest BCUT2D eigenvalue weighted by molar-refractivity contribution is 6.36. The summed E-state index contributed by atoms with van der Waals surface area (Å²) in [6.07, 6.45) is 5.34. The average molecular weight is 470 g/mol. The van der Waals surface area contributed by atoms with Gasteiger partial charge in [-0.25, -0.2) is 9.69 Å². The maximum Gasteiger partial charge on any atom is 0.329 e. The molecule has 164 valence electrons. The molecule has 3 aromatic rings. The Bertz CT molecular complexity index is 1230. The Balaban J connectivity index is 1.43. The molecule has 3 amide bonds. The Labute approximate surface area is 195 Å². The Morgan fingerprint density at radius 2 is 1.91 bits per heavy atom. The van der Waals surface area contributed by atoms with Gasteiger partial charge >= 0.3 is 6.03 Å². The number of aromatic nitrogens is 1. The van der Waals surface area contributed by atoms with E-state index < -0.39 is 6.03 Å². The number of fused-ring (bicyclic) bond motifs is 2. The van der Waals surface area contributed by atoms with Crippen LogP contribution in [0.4, 0.5) is 10.5 Å². The molecular weight excluding hydrogens is 449 g/mol. The topological polar surface area (TPSA) is 71.5 Å². The molecule has 0 radical (unpaired) electrons. The van der Waals surface area contributed by atoms with E-state index in [2.05, 4.69) is 10.3 Å². The van der Waals surface area contributed by atoms with Crippen LogP contribution in [0.3, 0.4) is 0 Å². The van der Waals surface area contributed by atoms with Gasteiger partial charge in [-0.3, -0.25) is 9.78 Å². The van der Waals surface area contributed by atoms with Crippen LogP contribution in [0.2, 0.25) is 10.0 Å². The number of nitrogens with one attached hydrogen (secondary N) is 1. The number of ether oxygens (including phenoxy) is 1. The van der Waals surface area contributed by atoms with Crippen molar-refractivity contribution in [3.63, 3.8) is 0 Å². The zero-order valence-corrected chi connectivity index (χ0v) is 18.9. The van der Waals surface area contributed by atoms with Crippen LogP contribution in [0, 0.1) is 5.92 Å². The predicted octanol–water partition coefficient (Wildman–Crippen LogP) is 5.56. The molecule has 3 atom stereocenters. The molecule has 3 unspecified atom stereocenters. The van der Waals surface area contributed by atoms with Crippen LogP contribution in [0.5, 0.6) is 5.75 Å². The van der Waals surface area contributed by atoms with E-state index in [-0.39, 0.29) is 23.8 Å². The van der Waals surface area contributed by atoms with Crippen molar-refractivity contribution in [1.29, 1.82) is 0 Å². The highest BCUT2D eigenvalue weighted by Gasteiger charge is 2.45. The van der Waals surface area contributed by atoms with Gasteiger partial charge in [0.1, 0.15) is 5.75 Å². The van der Waals surface area contributed by atoms with Crippen LogP contribution in [-0.2, 0) is 4.79 Å². The molecule has 1 saturated heterocycles. The Morgan fingerprint density at radius 1 is 1.09 bits per heavy atom. The summed E-state index contributed by atoms with van der Waals surface area (Å²) in [5.41, 5.74) is 1.44. The maximum atomic E-state index is 13.4. The number of carbonyl (C=O) groups excluding carboxylic acids is 2. The highest BCUT2D eigenvalue weighted by Crippen LogP contribution is 2.44. The molecule has 5 rings (SSSR count). The van der Waals surface area contributed by atoms with Crippen molar-refractivity contribution < 1.29 is 14.3 Å². The number of amides is 3. The summed E-state index contributed by atoms with van der Waals surface area (Å²) in [5, 5.41) is 5.77. The number of hydrogen-bond acceptors (Lipinski definition) is 4. The second kappa shape index (κ2) is 8.26. The monoisotopic (exact) mass is 469 g/mol. The fourth-order valence-corrected chi connectivity index (χ4v) is 5.53. The van der Waals surface area contributed by atoms with Crippen LogP contribution >= 0.6 is 23.2 Å². The third kappa shape index (κ3) is 3.48. The molecule has 2 fully saturated rings. The van der Waals surface area contributed by atoms with Crippen molar-refractivity contribution in [2.24, 2.45) is 5.92 Å². The summed E-state index contributed by atoms with van der Waals surface area (Å²) in [6.45, 7) is 0. The normalized spacial score (nSPS) is 23.1. The highest BCUT2D eigenvalue weighted by atomic mass is 35.5. The molecule has 0 bridgehead atoms. The molecule has 2 aromatic carbocycles. The Morgan fingerprint density at radius 3 is 2.72 bits per heavy atom. The molecule has 2 aliphatic rings. The largest absolute Gasteiger partial charge is 0.495 e. The SMILES string of the molecule is COc1cc(C2CCC3C(=O)N(c4cncc5ccccc45)C(=O)NC3C2)c(Cl)cc1Cl. The molecule has 32 heavy (non-hydrogen) atoms. The number of methoxy groups -OCH3 is 1. The molecule has 0 spiro atoms. The zero-order chi connectivity index (χ0) is 22.4. The summed E-state index contributed by atoms with van der Waals surface area (Å²) >= 11 is 12.7. The summed E-state index contributed by atoms with van der Waals surface area (Å²) in [4.78, 5) is 32.0. The average Bonchev–Trinajstić information content (AvgIpc) is 2.79. The van der Waals surface area contributed by atoms with Gasteiger partial charge in [-0.15, -0.1) is 0 Å². The number of carbonyl (C=O) groups is 2. The summed E-state index contributed by atoms with van der Waals surface area (Å²) in [6, 6.07) is 10.5. The molecule has 2 heterocycles. The van der Waals surface area contributed by atoms with Crippen molar-refractivity contribution in [3.8, 4) is 5.75 Å². The lowest BCUT2D eigenvalue weighted by molar-refractivity contribution is -0.124. The van der Waals surface area contributed by atoms with Crippen molar-refractivity contribution in [3.05, 3.63) is 64.4 Å². The fourth-order valence-electron chi connectivity index (χ4n) is 4.92. The second-order valence-corrected chi connectivity index (χ2v) is 9.05. The van der Waals surface area contributed by atoms with E-state index in [4.69, 9.17) is 27.9 Å². The van der Waals surface area contributed by atoms with Crippen molar-refractivity contribution >= 4 is 51.6 Å². The molecule has 1 N–H and O–H groups in total. The number of rotatable bonds is 3. The van der Waals surface area contributed by atoms with Crippen LogP contribution in [0.1, 0.15) is 30.7 Å². The first-order valence-electron chi connectivity index (χ1n) is 10.5. The number of urea groups is 1. The molecular formula is C24H21Cl2N3O3. The lowest BCUT2D eigenvalue weighted by Crippen LogP contribution is -2.61. The lowest BCUT2D eigenvalue weighted by Gasteiger charge is -2.42. The minimum absolute atomic E-state index is 0.0915. The number of hydrogen-bond donors (Lipinski definition) is 1.